The summed E-state index contributed by atoms with van der Waals surface area (Å²) in [6, 6.07) is -0.756. The highest BCUT2D eigenvalue weighted by Crippen LogP contribution is 2.26. The van der Waals surface area contributed by atoms with E-state index in [9.17, 15) is 9.90 Å². The number of nitrogens with two attached hydrogens (primary N) is 1. The predicted octanol–water partition coefficient (Wildman–Crippen LogP) is 0.0340. The monoisotopic (exact) mass is 170 g/mol. The summed E-state index contributed by atoms with van der Waals surface area (Å²) in [5.74, 6) is -0.591. The van der Waals surface area contributed by atoms with E-state index in [-0.39, 0.29) is 0 Å². The van der Waals surface area contributed by atoms with Gasteiger partial charge in [0.15, 0.2) is 0 Å². The second kappa shape index (κ2) is 4.45. The number of hydrogen-bond donors (Lipinski definition) is 1. The van der Waals surface area contributed by atoms with Gasteiger partial charge < -0.3 is 15.6 Å². The van der Waals surface area contributed by atoms with Gasteiger partial charge in [-0.1, -0.05) is 32.1 Å². The molecule has 1 aliphatic carbocycles. The van der Waals surface area contributed by atoms with Crippen LogP contribution < -0.4 is 10.8 Å². The summed E-state index contributed by atoms with van der Waals surface area (Å²) in [5.41, 5.74) is 5.39. The molecule has 1 saturated carbocycles. The van der Waals surface area contributed by atoms with E-state index in [1.165, 1.54) is 19.3 Å². The Kier molecular flexibility index (Phi) is 3.53. The number of carboxylic acid groups (broad SMARTS) is 1. The van der Waals surface area contributed by atoms with E-state index in [1.807, 2.05) is 0 Å². The van der Waals surface area contributed by atoms with Crippen LogP contribution in [0.3, 0.4) is 0 Å². The molecule has 0 bridgehead atoms. The quantitative estimate of drug-likeness (QED) is 0.650. The van der Waals surface area contributed by atoms with Crippen molar-refractivity contribution < 1.29 is 9.90 Å². The third-order valence-corrected chi connectivity index (χ3v) is 2.61. The summed E-state index contributed by atoms with van der Waals surface area (Å²) < 4.78 is 0. The first-order chi connectivity index (χ1) is 5.70. The summed E-state index contributed by atoms with van der Waals surface area (Å²) >= 11 is 0. The lowest BCUT2D eigenvalue weighted by Gasteiger charge is -2.24. The summed E-state index contributed by atoms with van der Waals surface area (Å²) in [6.07, 6.45) is 6.62. The molecule has 3 heteroatoms. The normalized spacial score (nSPS) is 22.1. The van der Waals surface area contributed by atoms with Gasteiger partial charge in [-0.15, -0.1) is 0 Å². The smallest absolute Gasteiger partial charge is 0.0582 e. The van der Waals surface area contributed by atoms with Crippen LogP contribution in [-0.2, 0) is 4.79 Å². The summed E-state index contributed by atoms with van der Waals surface area (Å²) in [7, 11) is 0. The number of carbonyl (C=O) groups is 1. The molecule has 1 atom stereocenters. The minimum Gasteiger partial charge on any atom is -0.548 e. The molecule has 1 rings (SSSR count). The number of hydrogen-bond acceptors (Lipinski definition) is 3. The Morgan fingerprint density at radius 1 is 1.42 bits per heavy atom. The van der Waals surface area contributed by atoms with E-state index in [0.717, 1.165) is 12.8 Å². The molecule has 0 saturated heterocycles. The van der Waals surface area contributed by atoms with Gasteiger partial charge in [-0.05, 0) is 12.3 Å². The Balaban J connectivity index is 2.24. The SMILES string of the molecule is N[C@@H](CC1CCCCC1)C(=O)[O-]. The summed E-state index contributed by atoms with van der Waals surface area (Å²) in [6.45, 7) is 0. The van der Waals surface area contributed by atoms with E-state index in [2.05, 4.69) is 0 Å². The molecular formula is C9H16NO2-. The highest BCUT2D eigenvalue weighted by atomic mass is 16.4. The molecule has 1 fully saturated rings. The molecule has 0 amide bonds. The van der Waals surface area contributed by atoms with Crippen LogP contribution in [0.25, 0.3) is 0 Å². The van der Waals surface area contributed by atoms with Crippen molar-refractivity contribution in [3.05, 3.63) is 0 Å². The third-order valence-electron chi connectivity index (χ3n) is 2.61. The van der Waals surface area contributed by atoms with Crippen molar-refractivity contribution in [3.63, 3.8) is 0 Å². The minimum absolute atomic E-state index is 0.520. The maximum Gasteiger partial charge on any atom is 0.0582 e. The fourth-order valence-electron chi connectivity index (χ4n) is 1.88. The van der Waals surface area contributed by atoms with Gasteiger partial charge in [0.25, 0.3) is 0 Å². The van der Waals surface area contributed by atoms with Crippen LogP contribution in [0.1, 0.15) is 38.5 Å². The van der Waals surface area contributed by atoms with Crippen LogP contribution in [0, 0.1) is 5.92 Å². The molecule has 70 valence electrons. The van der Waals surface area contributed by atoms with Crippen LogP contribution in [0.15, 0.2) is 0 Å². The fourth-order valence-corrected chi connectivity index (χ4v) is 1.88. The fraction of sp³-hybridized carbons (Fsp3) is 0.889. The number of aliphatic carboxylic acids is 1. The maximum atomic E-state index is 10.3. The zero-order valence-electron chi connectivity index (χ0n) is 7.29. The molecule has 2 N–H and O–H groups in total. The van der Waals surface area contributed by atoms with Crippen LogP contribution in [-0.4, -0.2) is 12.0 Å². The Labute approximate surface area is 72.9 Å². The average Bonchev–Trinajstić information content (AvgIpc) is 2.06. The lowest BCUT2D eigenvalue weighted by molar-refractivity contribution is -0.307. The molecule has 0 unspecified atom stereocenters. The Hall–Kier alpha value is -0.570. The lowest BCUT2D eigenvalue weighted by Crippen LogP contribution is -2.43. The van der Waals surface area contributed by atoms with Gasteiger partial charge in [-0.3, -0.25) is 0 Å². The largest absolute Gasteiger partial charge is 0.548 e. The van der Waals surface area contributed by atoms with E-state index < -0.39 is 12.0 Å². The number of carbonyl (C=O) groups excluding carboxylic acids is 1. The van der Waals surface area contributed by atoms with Gasteiger partial charge in [0.1, 0.15) is 0 Å². The molecule has 0 heterocycles. The first kappa shape index (κ1) is 9.52. The van der Waals surface area contributed by atoms with Crippen molar-refractivity contribution in [3.8, 4) is 0 Å². The van der Waals surface area contributed by atoms with Crippen LogP contribution in [0.5, 0.6) is 0 Å². The third kappa shape index (κ3) is 2.81. The second-order valence-electron chi connectivity index (χ2n) is 3.67. The van der Waals surface area contributed by atoms with Crippen molar-refractivity contribution >= 4 is 5.97 Å². The molecule has 12 heavy (non-hydrogen) atoms. The van der Waals surface area contributed by atoms with Gasteiger partial charge in [0.2, 0.25) is 0 Å². The van der Waals surface area contributed by atoms with Crippen molar-refractivity contribution in [2.24, 2.45) is 11.7 Å². The number of rotatable bonds is 3. The first-order valence-corrected chi connectivity index (χ1v) is 4.66. The molecule has 0 spiro atoms. The standard InChI is InChI=1S/C9H17NO2/c10-8(9(11)12)6-7-4-2-1-3-5-7/h7-8H,1-6,10H2,(H,11,12)/p-1/t8-/m0/s1. The Morgan fingerprint density at radius 3 is 2.50 bits per heavy atom. The maximum absolute atomic E-state index is 10.3. The molecule has 0 aromatic carbocycles. The molecule has 0 radical (unpaired) electrons. The van der Waals surface area contributed by atoms with Crippen molar-refractivity contribution in [1.82, 2.24) is 0 Å². The molecule has 1 aliphatic rings. The van der Waals surface area contributed by atoms with Gasteiger partial charge in [-0.25, -0.2) is 0 Å². The zero-order chi connectivity index (χ0) is 8.97. The zero-order valence-corrected chi connectivity index (χ0v) is 7.29. The molecular weight excluding hydrogens is 154 g/mol. The predicted molar refractivity (Wildman–Crippen MR) is 44.2 cm³/mol. The van der Waals surface area contributed by atoms with Crippen LogP contribution >= 0.6 is 0 Å². The molecule has 3 nitrogen and oxygen atoms in total. The van der Waals surface area contributed by atoms with Gasteiger partial charge in [0.05, 0.1) is 5.97 Å². The van der Waals surface area contributed by atoms with Crippen LogP contribution in [0.4, 0.5) is 0 Å². The minimum atomic E-state index is -1.11. The highest BCUT2D eigenvalue weighted by molar-refractivity contribution is 5.70. The second-order valence-corrected chi connectivity index (χ2v) is 3.67. The van der Waals surface area contributed by atoms with Crippen molar-refractivity contribution in [2.75, 3.05) is 0 Å². The average molecular weight is 170 g/mol. The Morgan fingerprint density at radius 2 is 2.00 bits per heavy atom. The van der Waals surface area contributed by atoms with E-state index in [0.29, 0.717) is 12.3 Å². The summed E-state index contributed by atoms with van der Waals surface area (Å²) in [4.78, 5) is 10.3. The van der Waals surface area contributed by atoms with Crippen molar-refractivity contribution in [2.45, 2.75) is 44.6 Å². The lowest BCUT2D eigenvalue weighted by atomic mass is 9.85. The van der Waals surface area contributed by atoms with E-state index >= 15 is 0 Å². The highest BCUT2D eigenvalue weighted by Gasteiger charge is 2.16. The van der Waals surface area contributed by atoms with Crippen molar-refractivity contribution in [1.29, 1.82) is 0 Å². The molecule has 0 aromatic rings. The molecule has 0 aromatic heterocycles. The topological polar surface area (TPSA) is 66.2 Å². The van der Waals surface area contributed by atoms with E-state index in [4.69, 9.17) is 5.73 Å². The summed E-state index contributed by atoms with van der Waals surface area (Å²) in [5, 5.41) is 10.3. The van der Waals surface area contributed by atoms with Gasteiger partial charge >= 0.3 is 0 Å². The Bertz CT molecular complexity index is 153. The van der Waals surface area contributed by atoms with Gasteiger partial charge in [0, 0.05) is 6.04 Å². The number of carboxylic acids is 1. The first-order valence-electron chi connectivity index (χ1n) is 4.66. The van der Waals surface area contributed by atoms with Crippen LogP contribution in [0.2, 0.25) is 0 Å². The molecule has 0 aliphatic heterocycles. The van der Waals surface area contributed by atoms with E-state index in [1.54, 1.807) is 0 Å². The van der Waals surface area contributed by atoms with Gasteiger partial charge in [-0.2, -0.15) is 0 Å².